The molecule has 1 aliphatic heterocycles. The van der Waals surface area contributed by atoms with Crippen LogP contribution in [0.2, 0.25) is 0 Å². The molecule has 0 atom stereocenters. The first-order valence-electron chi connectivity index (χ1n) is 9.74. The first kappa shape index (κ1) is 20.7. The lowest BCUT2D eigenvalue weighted by atomic mass is 9.93. The number of aromatic nitrogens is 1. The number of halogens is 1. The fourth-order valence-corrected chi connectivity index (χ4v) is 4.35. The Morgan fingerprint density at radius 3 is 2.28 bits per heavy atom. The van der Waals surface area contributed by atoms with Crippen LogP contribution in [0.5, 0.6) is 0 Å². The molecular weight excluding hydrogens is 378 g/mol. The van der Waals surface area contributed by atoms with Crippen molar-refractivity contribution in [3.8, 4) is 0 Å². The van der Waals surface area contributed by atoms with Gasteiger partial charge in [-0.05, 0) is 59.2 Å². The minimum absolute atomic E-state index is 0.507. The summed E-state index contributed by atoms with van der Waals surface area (Å²) in [5, 5.41) is 10.9. The summed E-state index contributed by atoms with van der Waals surface area (Å²) in [6.07, 6.45) is 11.4. The van der Waals surface area contributed by atoms with Crippen LogP contribution in [0.3, 0.4) is 0 Å². The van der Waals surface area contributed by atoms with E-state index in [2.05, 4.69) is 46.1 Å². The van der Waals surface area contributed by atoms with Crippen LogP contribution in [0.15, 0.2) is 16.7 Å². The van der Waals surface area contributed by atoms with Gasteiger partial charge in [0, 0.05) is 43.0 Å². The number of aliphatic hydroxyl groups is 1. The molecule has 1 aromatic rings. The number of piperidine rings is 1. The van der Waals surface area contributed by atoms with Gasteiger partial charge in [0.05, 0.1) is 0 Å². The number of rotatable bonds is 4. The van der Waals surface area contributed by atoms with Crippen LogP contribution < -0.4 is 10.2 Å². The number of aliphatic hydroxyl groups excluding tert-OH is 1. The van der Waals surface area contributed by atoms with Crippen LogP contribution in [0, 0.1) is 0 Å². The molecule has 1 aliphatic carbocycles. The van der Waals surface area contributed by atoms with Crippen molar-refractivity contribution in [2.45, 2.75) is 76.8 Å². The highest BCUT2D eigenvalue weighted by Gasteiger charge is 2.25. The normalized spacial score (nSPS) is 19.7. The Morgan fingerprint density at radius 1 is 1.08 bits per heavy atom. The second-order valence-corrected chi connectivity index (χ2v) is 8.40. The molecule has 2 N–H and O–H groups in total. The van der Waals surface area contributed by atoms with Crippen molar-refractivity contribution in [1.82, 2.24) is 10.3 Å². The fraction of sp³-hybridized carbons (Fsp3) is 0.750. The molecule has 0 radical (unpaired) electrons. The monoisotopic (exact) mass is 411 g/mol. The predicted molar refractivity (Wildman–Crippen MR) is 109 cm³/mol. The molecule has 0 bridgehead atoms. The van der Waals surface area contributed by atoms with Gasteiger partial charge in [-0.15, -0.1) is 0 Å². The molecule has 4 nitrogen and oxygen atoms in total. The van der Waals surface area contributed by atoms with Crippen molar-refractivity contribution in [1.29, 1.82) is 0 Å². The Morgan fingerprint density at radius 2 is 1.68 bits per heavy atom. The molecule has 142 valence electrons. The van der Waals surface area contributed by atoms with Crippen molar-refractivity contribution in [2.24, 2.45) is 0 Å². The minimum Gasteiger partial charge on any atom is -0.400 e. The molecular formula is C20H34BrN3O. The Bertz CT molecular complexity index is 510. The van der Waals surface area contributed by atoms with E-state index in [1.165, 1.54) is 56.3 Å². The second kappa shape index (κ2) is 10.5. The average molecular weight is 412 g/mol. The number of hydrogen-bond acceptors (Lipinski definition) is 4. The van der Waals surface area contributed by atoms with Crippen molar-refractivity contribution < 1.29 is 5.11 Å². The highest BCUT2D eigenvalue weighted by atomic mass is 79.9. The lowest BCUT2D eigenvalue weighted by Gasteiger charge is -2.37. The zero-order valence-corrected chi connectivity index (χ0v) is 17.6. The van der Waals surface area contributed by atoms with E-state index in [1.807, 2.05) is 6.20 Å². The molecule has 5 heteroatoms. The van der Waals surface area contributed by atoms with Gasteiger partial charge in [0.25, 0.3) is 0 Å². The SMILES string of the molecule is CC(C)c1cc(Br)cnc1N1CCC(NC2CCCCC2)CC1.CO. The summed E-state index contributed by atoms with van der Waals surface area (Å²) < 4.78 is 1.08. The van der Waals surface area contributed by atoms with Gasteiger partial charge in [-0.25, -0.2) is 4.98 Å². The summed E-state index contributed by atoms with van der Waals surface area (Å²) >= 11 is 3.56. The molecule has 2 fully saturated rings. The molecule has 2 heterocycles. The van der Waals surface area contributed by atoms with Crippen LogP contribution >= 0.6 is 15.9 Å². The van der Waals surface area contributed by atoms with Crippen LogP contribution in [0.1, 0.15) is 70.3 Å². The van der Waals surface area contributed by atoms with E-state index in [0.717, 1.165) is 30.7 Å². The largest absolute Gasteiger partial charge is 0.400 e. The average Bonchev–Trinajstić information content (AvgIpc) is 2.65. The van der Waals surface area contributed by atoms with Gasteiger partial charge >= 0.3 is 0 Å². The number of nitrogens with zero attached hydrogens (tertiary/aromatic N) is 2. The molecule has 1 saturated heterocycles. The predicted octanol–water partition coefficient (Wildman–Crippen LogP) is 4.47. The highest BCUT2D eigenvalue weighted by Crippen LogP contribution is 2.30. The van der Waals surface area contributed by atoms with Crippen LogP contribution in [-0.2, 0) is 0 Å². The summed E-state index contributed by atoms with van der Waals surface area (Å²) in [5.41, 5.74) is 1.36. The van der Waals surface area contributed by atoms with Gasteiger partial charge in [0.2, 0.25) is 0 Å². The van der Waals surface area contributed by atoms with E-state index in [4.69, 9.17) is 10.1 Å². The molecule has 3 rings (SSSR count). The maximum atomic E-state index is 7.00. The number of nitrogens with one attached hydrogen (secondary N) is 1. The van der Waals surface area contributed by atoms with E-state index in [1.54, 1.807) is 0 Å². The third-order valence-electron chi connectivity index (χ3n) is 5.35. The highest BCUT2D eigenvalue weighted by molar-refractivity contribution is 9.10. The Labute approximate surface area is 161 Å². The van der Waals surface area contributed by atoms with E-state index in [-0.39, 0.29) is 0 Å². The summed E-state index contributed by atoms with van der Waals surface area (Å²) in [6, 6.07) is 3.71. The molecule has 25 heavy (non-hydrogen) atoms. The Balaban J connectivity index is 0.00000109. The summed E-state index contributed by atoms with van der Waals surface area (Å²) in [5.74, 6) is 1.70. The molecule has 1 saturated carbocycles. The first-order valence-corrected chi connectivity index (χ1v) is 10.5. The maximum Gasteiger partial charge on any atom is 0.132 e. The van der Waals surface area contributed by atoms with Gasteiger partial charge in [0.1, 0.15) is 5.82 Å². The Hall–Kier alpha value is -0.650. The molecule has 0 aromatic carbocycles. The lowest BCUT2D eigenvalue weighted by Crippen LogP contribution is -2.47. The van der Waals surface area contributed by atoms with E-state index in [0.29, 0.717) is 12.0 Å². The number of pyridine rings is 1. The van der Waals surface area contributed by atoms with Gasteiger partial charge < -0.3 is 15.3 Å². The number of hydrogen-bond donors (Lipinski definition) is 2. The quantitative estimate of drug-likeness (QED) is 0.766. The van der Waals surface area contributed by atoms with Crippen LogP contribution in [-0.4, -0.2) is 42.4 Å². The fourth-order valence-electron chi connectivity index (χ4n) is 4.00. The van der Waals surface area contributed by atoms with E-state index >= 15 is 0 Å². The second-order valence-electron chi connectivity index (χ2n) is 7.48. The molecule has 0 amide bonds. The van der Waals surface area contributed by atoms with E-state index in [9.17, 15) is 0 Å². The molecule has 2 aliphatic rings. The van der Waals surface area contributed by atoms with Crippen molar-refractivity contribution in [3.05, 3.63) is 22.3 Å². The van der Waals surface area contributed by atoms with Gasteiger partial charge in [-0.3, -0.25) is 0 Å². The lowest BCUT2D eigenvalue weighted by molar-refractivity contribution is 0.307. The Kier molecular flexibility index (Phi) is 8.67. The topological polar surface area (TPSA) is 48.4 Å². The molecule has 0 spiro atoms. The smallest absolute Gasteiger partial charge is 0.132 e. The van der Waals surface area contributed by atoms with Gasteiger partial charge in [-0.1, -0.05) is 33.1 Å². The molecule has 0 unspecified atom stereocenters. The van der Waals surface area contributed by atoms with Crippen molar-refractivity contribution in [2.75, 3.05) is 25.1 Å². The number of anilines is 1. The van der Waals surface area contributed by atoms with Crippen molar-refractivity contribution in [3.63, 3.8) is 0 Å². The van der Waals surface area contributed by atoms with Crippen LogP contribution in [0.25, 0.3) is 0 Å². The van der Waals surface area contributed by atoms with Gasteiger partial charge in [0.15, 0.2) is 0 Å². The summed E-state index contributed by atoms with van der Waals surface area (Å²) in [7, 11) is 1.00. The standard InChI is InChI=1S/C19H30BrN3.CH4O/c1-14(2)18-12-15(20)13-21-19(18)23-10-8-17(9-11-23)22-16-6-4-3-5-7-16;1-2/h12-14,16-17,22H,3-11H2,1-2H3;2H,1H3. The first-order chi connectivity index (χ1) is 12.1. The molecule has 1 aromatic heterocycles. The third-order valence-corrected chi connectivity index (χ3v) is 5.79. The summed E-state index contributed by atoms with van der Waals surface area (Å²) in [6.45, 7) is 6.76. The van der Waals surface area contributed by atoms with Crippen molar-refractivity contribution >= 4 is 21.7 Å². The van der Waals surface area contributed by atoms with E-state index < -0.39 is 0 Å². The van der Waals surface area contributed by atoms with Gasteiger partial charge in [-0.2, -0.15) is 0 Å². The summed E-state index contributed by atoms with van der Waals surface area (Å²) in [4.78, 5) is 7.21. The zero-order valence-electron chi connectivity index (χ0n) is 16.0. The van der Waals surface area contributed by atoms with Crippen LogP contribution in [0.4, 0.5) is 5.82 Å². The minimum atomic E-state index is 0.507. The zero-order chi connectivity index (χ0) is 18.2. The third kappa shape index (κ3) is 5.93. The maximum absolute atomic E-state index is 7.00.